The van der Waals surface area contributed by atoms with Crippen molar-refractivity contribution in [3.63, 3.8) is 0 Å². The largest absolute Gasteiger partial charge is 0.332 e. The summed E-state index contributed by atoms with van der Waals surface area (Å²) < 4.78 is 1.46. The van der Waals surface area contributed by atoms with E-state index >= 15 is 0 Å². The van der Waals surface area contributed by atoms with E-state index in [9.17, 15) is 14.4 Å². The zero-order valence-electron chi connectivity index (χ0n) is 14.7. The Morgan fingerprint density at radius 3 is 2.72 bits per heavy atom. The van der Waals surface area contributed by atoms with Crippen molar-refractivity contribution < 1.29 is 9.59 Å². The van der Waals surface area contributed by atoms with E-state index in [0.717, 1.165) is 12.0 Å². The third kappa shape index (κ3) is 3.26. The molecule has 0 bridgehead atoms. The van der Waals surface area contributed by atoms with Crippen LogP contribution in [0.5, 0.6) is 0 Å². The lowest BCUT2D eigenvalue weighted by atomic mass is 10.1. The first kappa shape index (κ1) is 17.1. The van der Waals surface area contributed by atoms with Gasteiger partial charge >= 0.3 is 0 Å². The van der Waals surface area contributed by atoms with Crippen LogP contribution in [0.3, 0.4) is 0 Å². The first-order chi connectivity index (χ1) is 11.9. The first-order valence-electron chi connectivity index (χ1n) is 8.48. The molecule has 0 spiro atoms. The SMILES string of the molecule is CCCN1CC(=O)N(Cc2cc(=O)n3ccc(C)cc3n2)[C@@H](C)C1=O. The molecule has 7 heteroatoms. The Labute approximate surface area is 145 Å². The minimum Gasteiger partial charge on any atom is -0.332 e. The van der Waals surface area contributed by atoms with Crippen molar-refractivity contribution in [2.45, 2.75) is 39.8 Å². The second-order valence-electron chi connectivity index (χ2n) is 6.48. The molecule has 2 aromatic rings. The molecule has 1 atom stereocenters. The van der Waals surface area contributed by atoms with Gasteiger partial charge in [0.25, 0.3) is 5.56 Å². The fourth-order valence-corrected chi connectivity index (χ4v) is 3.14. The summed E-state index contributed by atoms with van der Waals surface area (Å²) in [6, 6.07) is 4.53. The predicted octanol–water partition coefficient (Wildman–Crippen LogP) is 0.972. The van der Waals surface area contributed by atoms with Gasteiger partial charge in [-0.15, -0.1) is 0 Å². The van der Waals surface area contributed by atoms with E-state index in [1.165, 1.54) is 15.4 Å². The van der Waals surface area contributed by atoms with Crippen molar-refractivity contribution in [2.24, 2.45) is 0 Å². The maximum absolute atomic E-state index is 12.5. The van der Waals surface area contributed by atoms with Crippen LogP contribution >= 0.6 is 0 Å². The van der Waals surface area contributed by atoms with E-state index in [2.05, 4.69) is 4.98 Å². The molecule has 3 heterocycles. The molecule has 0 aromatic carbocycles. The molecule has 3 rings (SSSR count). The Morgan fingerprint density at radius 2 is 2.00 bits per heavy atom. The van der Waals surface area contributed by atoms with Gasteiger partial charge in [0.15, 0.2) is 0 Å². The van der Waals surface area contributed by atoms with Crippen molar-refractivity contribution in [3.05, 3.63) is 46.0 Å². The summed E-state index contributed by atoms with van der Waals surface area (Å²) in [5.74, 6) is -0.179. The van der Waals surface area contributed by atoms with Gasteiger partial charge in [0, 0.05) is 18.8 Å². The topological polar surface area (TPSA) is 75.0 Å². The van der Waals surface area contributed by atoms with Crippen molar-refractivity contribution in [2.75, 3.05) is 13.1 Å². The molecule has 132 valence electrons. The highest BCUT2D eigenvalue weighted by Gasteiger charge is 2.36. The maximum atomic E-state index is 12.5. The molecule has 1 aliphatic heterocycles. The van der Waals surface area contributed by atoms with Gasteiger partial charge in [-0.1, -0.05) is 6.92 Å². The molecule has 2 aromatic heterocycles. The van der Waals surface area contributed by atoms with Gasteiger partial charge in [-0.05, 0) is 38.0 Å². The summed E-state index contributed by atoms with van der Waals surface area (Å²) in [6.07, 6.45) is 2.50. The number of carbonyl (C=O) groups is 2. The standard InChI is InChI=1S/C18H22N4O3/c1-4-6-20-11-17(24)22(13(3)18(20)25)10-14-9-16(23)21-7-5-12(2)8-15(21)19-14/h5,7-9,13H,4,6,10-11H2,1-3H3/t13-/m0/s1. The van der Waals surface area contributed by atoms with Crippen LogP contribution in [0.25, 0.3) is 5.65 Å². The third-order valence-electron chi connectivity index (χ3n) is 4.48. The number of amides is 2. The Balaban J connectivity index is 1.89. The van der Waals surface area contributed by atoms with E-state index in [0.29, 0.717) is 17.9 Å². The molecule has 25 heavy (non-hydrogen) atoms. The molecule has 0 radical (unpaired) electrons. The molecule has 0 unspecified atom stereocenters. The number of hydrogen-bond acceptors (Lipinski definition) is 4. The summed E-state index contributed by atoms with van der Waals surface area (Å²) in [5.41, 5.74) is 1.83. The van der Waals surface area contributed by atoms with Gasteiger partial charge in [0.05, 0.1) is 18.8 Å². The van der Waals surface area contributed by atoms with Crippen LogP contribution in [0.15, 0.2) is 29.2 Å². The highest BCUT2D eigenvalue weighted by atomic mass is 16.2. The number of pyridine rings is 1. The van der Waals surface area contributed by atoms with E-state index in [4.69, 9.17) is 0 Å². The van der Waals surface area contributed by atoms with Crippen LogP contribution < -0.4 is 5.56 Å². The highest BCUT2D eigenvalue weighted by Crippen LogP contribution is 2.16. The minimum atomic E-state index is -0.550. The van der Waals surface area contributed by atoms with Gasteiger partial charge in [-0.3, -0.25) is 18.8 Å². The number of aryl methyl sites for hydroxylation is 1. The number of rotatable bonds is 4. The van der Waals surface area contributed by atoms with Crippen molar-refractivity contribution in [1.82, 2.24) is 19.2 Å². The molecule has 0 saturated carbocycles. The third-order valence-corrected chi connectivity index (χ3v) is 4.48. The Hall–Kier alpha value is -2.70. The van der Waals surface area contributed by atoms with Gasteiger partial charge < -0.3 is 9.80 Å². The number of aromatic nitrogens is 2. The molecule has 0 N–H and O–H groups in total. The van der Waals surface area contributed by atoms with Crippen LogP contribution in [-0.4, -0.2) is 50.1 Å². The lowest BCUT2D eigenvalue weighted by Crippen LogP contribution is -2.58. The summed E-state index contributed by atoms with van der Waals surface area (Å²) in [7, 11) is 0. The lowest BCUT2D eigenvalue weighted by Gasteiger charge is -2.38. The van der Waals surface area contributed by atoms with Gasteiger partial charge in [0.1, 0.15) is 11.7 Å². The van der Waals surface area contributed by atoms with E-state index < -0.39 is 6.04 Å². The fourth-order valence-electron chi connectivity index (χ4n) is 3.14. The van der Waals surface area contributed by atoms with Crippen molar-refractivity contribution in [3.8, 4) is 0 Å². The van der Waals surface area contributed by atoms with Crippen LogP contribution in [0.2, 0.25) is 0 Å². The molecule has 1 aliphatic rings. The normalized spacial score (nSPS) is 18.3. The number of nitrogens with zero attached hydrogens (tertiary/aromatic N) is 4. The molecule has 1 fully saturated rings. The van der Waals surface area contributed by atoms with Gasteiger partial charge in [0.2, 0.25) is 11.8 Å². The van der Waals surface area contributed by atoms with Crippen molar-refractivity contribution in [1.29, 1.82) is 0 Å². The number of piperazine rings is 1. The van der Waals surface area contributed by atoms with Crippen LogP contribution in [-0.2, 0) is 16.1 Å². The first-order valence-corrected chi connectivity index (χ1v) is 8.48. The zero-order valence-corrected chi connectivity index (χ0v) is 14.7. The van der Waals surface area contributed by atoms with Crippen LogP contribution in [0.1, 0.15) is 31.5 Å². The Morgan fingerprint density at radius 1 is 1.24 bits per heavy atom. The predicted molar refractivity (Wildman–Crippen MR) is 93.1 cm³/mol. The highest BCUT2D eigenvalue weighted by molar-refractivity contribution is 5.94. The number of fused-ring (bicyclic) bond motifs is 1. The van der Waals surface area contributed by atoms with Crippen LogP contribution in [0, 0.1) is 6.92 Å². The Bertz CT molecular complexity index is 890. The summed E-state index contributed by atoms with van der Waals surface area (Å²) >= 11 is 0. The molecule has 2 amide bonds. The lowest BCUT2D eigenvalue weighted by molar-refractivity contribution is -0.155. The van der Waals surface area contributed by atoms with Crippen molar-refractivity contribution >= 4 is 17.5 Å². The minimum absolute atomic E-state index is 0.0604. The monoisotopic (exact) mass is 342 g/mol. The molecule has 7 nitrogen and oxygen atoms in total. The van der Waals surface area contributed by atoms with E-state index in [1.54, 1.807) is 18.0 Å². The molecular formula is C18H22N4O3. The van der Waals surface area contributed by atoms with Gasteiger partial charge in [-0.25, -0.2) is 4.98 Å². The maximum Gasteiger partial charge on any atom is 0.258 e. The molecule has 1 saturated heterocycles. The average molecular weight is 342 g/mol. The Kier molecular flexibility index (Phi) is 4.57. The quantitative estimate of drug-likeness (QED) is 0.830. The summed E-state index contributed by atoms with van der Waals surface area (Å²) in [5, 5.41) is 0. The molecular weight excluding hydrogens is 320 g/mol. The summed E-state index contributed by atoms with van der Waals surface area (Å²) in [4.78, 5) is 44.7. The average Bonchev–Trinajstić information content (AvgIpc) is 2.56. The summed E-state index contributed by atoms with van der Waals surface area (Å²) in [6.45, 7) is 6.45. The zero-order chi connectivity index (χ0) is 18.1. The number of hydrogen-bond donors (Lipinski definition) is 0. The fraction of sp³-hybridized carbons (Fsp3) is 0.444. The number of carbonyl (C=O) groups excluding carboxylic acids is 2. The second kappa shape index (κ2) is 6.66. The van der Waals surface area contributed by atoms with Gasteiger partial charge in [-0.2, -0.15) is 0 Å². The van der Waals surface area contributed by atoms with Crippen LogP contribution in [0.4, 0.5) is 0 Å². The van der Waals surface area contributed by atoms with E-state index in [1.807, 2.05) is 26.0 Å². The second-order valence-corrected chi connectivity index (χ2v) is 6.48. The molecule has 0 aliphatic carbocycles. The van der Waals surface area contributed by atoms with E-state index in [-0.39, 0.29) is 30.5 Å². The smallest absolute Gasteiger partial charge is 0.258 e.